The van der Waals surface area contributed by atoms with Crippen molar-refractivity contribution < 1.29 is 9.18 Å². The van der Waals surface area contributed by atoms with E-state index in [0.717, 1.165) is 48.4 Å². The molecule has 2 aliphatic rings. The van der Waals surface area contributed by atoms with Gasteiger partial charge in [-0.25, -0.2) is 9.37 Å². The Morgan fingerprint density at radius 1 is 1.19 bits per heavy atom. The second-order valence-corrected chi connectivity index (χ2v) is 11.1. The molecule has 4 nitrogen and oxygen atoms in total. The molecule has 2 bridgehead atoms. The minimum absolute atomic E-state index is 0.161. The largest absolute Gasteiger partial charge is 0.339 e. The Morgan fingerprint density at radius 2 is 1.97 bits per heavy atom. The fourth-order valence-corrected chi connectivity index (χ4v) is 6.64. The lowest BCUT2D eigenvalue weighted by molar-refractivity contribution is -0.132. The smallest absolute Gasteiger partial charge is 0.223 e. The summed E-state index contributed by atoms with van der Waals surface area (Å²) in [5.41, 5.74) is 4.10. The summed E-state index contributed by atoms with van der Waals surface area (Å²) >= 11 is 0. The lowest BCUT2D eigenvalue weighted by Gasteiger charge is -2.39. The van der Waals surface area contributed by atoms with Crippen LogP contribution in [0.4, 0.5) is 4.39 Å². The Balaban J connectivity index is 1.52. The van der Waals surface area contributed by atoms with E-state index in [0.29, 0.717) is 12.5 Å². The van der Waals surface area contributed by atoms with Crippen molar-refractivity contribution in [2.75, 3.05) is 6.54 Å². The van der Waals surface area contributed by atoms with Crippen LogP contribution in [0.5, 0.6) is 0 Å². The van der Waals surface area contributed by atoms with Gasteiger partial charge in [0.15, 0.2) is 0 Å². The molecular weight excluding hydrogens is 401 g/mol. The number of rotatable bonds is 4. The first-order valence-corrected chi connectivity index (χ1v) is 11.6. The highest BCUT2D eigenvalue weighted by molar-refractivity contribution is 5.78. The summed E-state index contributed by atoms with van der Waals surface area (Å²) in [6, 6.07) is 12.9. The molecule has 0 N–H and O–H groups in total. The zero-order chi connectivity index (χ0) is 22.7. The molecule has 1 aliphatic carbocycles. The number of carbonyl (C=O) groups excluding carboxylic acids is 1. The monoisotopic (exact) mass is 433 g/mol. The van der Waals surface area contributed by atoms with Crippen LogP contribution in [-0.2, 0) is 4.79 Å². The van der Waals surface area contributed by atoms with Crippen molar-refractivity contribution in [1.29, 1.82) is 0 Å². The van der Waals surface area contributed by atoms with E-state index < -0.39 is 0 Å². The van der Waals surface area contributed by atoms with Crippen LogP contribution in [-0.4, -0.2) is 32.8 Å². The molecule has 3 atom stereocenters. The molecule has 0 spiro atoms. The van der Waals surface area contributed by atoms with E-state index in [1.165, 1.54) is 6.07 Å². The third-order valence-electron chi connectivity index (χ3n) is 7.47. The number of aromatic nitrogens is 2. The van der Waals surface area contributed by atoms with Crippen molar-refractivity contribution in [2.45, 2.75) is 65.3 Å². The van der Waals surface area contributed by atoms with Gasteiger partial charge in [0.1, 0.15) is 11.5 Å². The van der Waals surface area contributed by atoms with Crippen LogP contribution >= 0.6 is 0 Å². The zero-order valence-corrected chi connectivity index (χ0v) is 19.4. The van der Waals surface area contributed by atoms with Crippen molar-refractivity contribution in [3.05, 3.63) is 71.4 Å². The summed E-state index contributed by atoms with van der Waals surface area (Å²) < 4.78 is 16.3. The van der Waals surface area contributed by atoms with Gasteiger partial charge in [-0.15, -0.1) is 0 Å². The van der Waals surface area contributed by atoms with Crippen LogP contribution in [0.1, 0.15) is 69.3 Å². The van der Waals surface area contributed by atoms with E-state index in [4.69, 9.17) is 0 Å². The van der Waals surface area contributed by atoms with Crippen molar-refractivity contribution >= 4 is 11.6 Å². The first-order valence-electron chi connectivity index (χ1n) is 11.6. The standard InChI is InChI=1S/C27H32FN3O/c1-18-7-5-10-24-29-15-23(31(18)24)22(19-8-6-9-20(28)11-19)12-25(32)30-17-27(4)14-21(30)13-26(2,3)16-27/h5-11,15,21-22H,12-14,16-17H2,1-4H3. The lowest BCUT2D eigenvalue weighted by Crippen LogP contribution is -2.38. The summed E-state index contributed by atoms with van der Waals surface area (Å²) in [6.45, 7) is 9.83. The Kier molecular flexibility index (Phi) is 4.92. The van der Waals surface area contributed by atoms with Crippen LogP contribution in [0.15, 0.2) is 48.7 Å². The van der Waals surface area contributed by atoms with E-state index in [9.17, 15) is 9.18 Å². The summed E-state index contributed by atoms with van der Waals surface area (Å²) in [5.74, 6) is -0.374. The van der Waals surface area contributed by atoms with E-state index in [1.807, 2.05) is 37.4 Å². The predicted molar refractivity (Wildman–Crippen MR) is 124 cm³/mol. The Bertz CT molecular complexity index is 1180. The van der Waals surface area contributed by atoms with Crippen molar-refractivity contribution in [3.8, 4) is 0 Å². The van der Waals surface area contributed by atoms with Crippen LogP contribution in [0.2, 0.25) is 0 Å². The van der Waals surface area contributed by atoms with Gasteiger partial charge in [0.2, 0.25) is 5.91 Å². The minimum Gasteiger partial charge on any atom is -0.339 e. The molecule has 1 aliphatic heterocycles. The molecule has 1 saturated heterocycles. The quantitative estimate of drug-likeness (QED) is 0.527. The molecular formula is C27H32FN3O. The SMILES string of the molecule is Cc1cccc2ncc(C(CC(=O)N3CC4(C)CC3CC(C)(C)C4)c3cccc(F)c3)n12. The van der Waals surface area contributed by atoms with Crippen LogP contribution < -0.4 is 0 Å². The number of imidazole rings is 1. The van der Waals surface area contributed by atoms with Gasteiger partial charge in [-0.2, -0.15) is 0 Å². The van der Waals surface area contributed by atoms with Gasteiger partial charge in [0, 0.05) is 36.8 Å². The van der Waals surface area contributed by atoms with Gasteiger partial charge >= 0.3 is 0 Å². The molecule has 1 aromatic carbocycles. The Hall–Kier alpha value is -2.69. The number of amides is 1. The van der Waals surface area contributed by atoms with Crippen molar-refractivity contribution in [2.24, 2.45) is 10.8 Å². The molecule has 3 aromatic rings. The maximum Gasteiger partial charge on any atom is 0.223 e. The highest BCUT2D eigenvalue weighted by Crippen LogP contribution is 2.52. The molecule has 3 heterocycles. The number of likely N-dealkylation sites (tertiary alicyclic amines) is 1. The second-order valence-electron chi connectivity index (χ2n) is 11.1. The van der Waals surface area contributed by atoms with Crippen molar-refractivity contribution in [1.82, 2.24) is 14.3 Å². The third-order valence-corrected chi connectivity index (χ3v) is 7.47. The van der Waals surface area contributed by atoms with E-state index in [2.05, 4.69) is 35.1 Å². The number of carbonyl (C=O) groups is 1. The van der Waals surface area contributed by atoms with Crippen molar-refractivity contribution in [3.63, 3.8) is 0 Å². The van der Waals surface area contributed by atoms with Crippen LogP contribution in [0, 0.1) is 23.6 Å². The normalized spacial score (nSPS) is 25.3. The van der Waals surface area contributed by atoms with Gasteiger partial charge in [-0.05, 0) is 66.8 Å². The average Bonchev–Trinajstić information content (AvgIpc) is 3.24. The maximum absolute atomic E-state index is 14.2. The Morgan fingerprint density at radius 3 is 2.75 bits per heavy atom. The number of hydrogen-bond acceptors (Lipinski definition) is 2. The van der Waals surface area contributed by atoms with E-state index >= 15 is 0 Å². The molecule has 5 rings (SSSR count). The summed E-state index contributed by atoms with van der Waals surface area (Å²) in [7, 11) is 0. The number of benzene rings is 1. The molecule has 32 heavy (non-hydrogen) atoms. The highest BCUT2D eigenvalue weighted by atomic mass is 19.1. The topological polar surface area (TPSA) is 37.6 Å². The van der Waals surface area contributed by atoms with Gasteiger partial charge in [-0.1, -0.05) is 39.0 Å². The number of pyridine rings is 1. The number of nitrogens with zero attached hydrogens (tertiary/aromatic N) is 3. The molecule has 2 fully saturated rings. The van der Waals surface area contributed by atoms with Crippen LogP contribution in [0.25, 0.3) is 5.65 Å². The predicted octanol–water partition coefficient (Wildman–Crippen LogP) is 5.73. The minimum atomic E-state index is -0.281. The summed E-state index contributed by atoms with van der Waals surface area (Å²) in [5, 5.41) is 0. The molecule has 3 unspecified atom stereocenters. The molecule has 1 amide bonds. The fraction of sp³-hybridized carbons (Fsp3) is 0.481. The number of hydrogen-bond donors (Lipinski definition) is 0. The summed E-state index contributed by atoms with van der Waals surface area (Å²) in [6.07, 6.45) is 5.45. The maximum atomic E-state index is 14.2. The third kappa shape index (κ3) is 3.72. The first kappa shape index (κ1) is 21.2. The lowest BCUT2D eigenvalue weighted by atomic mass is 9.65. The van der Waals surface area contributed by atoms with Gasteiger partial charge in [0.05, 0.1) is 5.69 Å². The zero-order valence-electron chi connectivity index (χ0n) is 19.4. The molecule has 168 valence electrons. The van der Waals surface area contributed by atoms with Gasteiger partial charge in [-0.3, -0.25) is 4.79 Å². The highest BCUT2D eigenvalue weighted by Gasteiger charge is 2.51. The average molecular weight is 434 g/mol. The Labute approximate surface area is 189 Å². The molecule has 1 saturated carbocycles. The molecule has 0 radical (unpaired) electrons. The molecule has 2 aromatic heterocycles. The van der Waals surface area contributed by atoms with E-state index in [-0.39, 0.29) is 28.5 Å². The van der Waals surface area contributed by atoms with Gasteiger partial charge < -0.3 is 9.30 Å². The van der Waals surface area contributed by atoms with E-state index in [1.54, 1.807) is 12.1 Å². The molecule has 5 heteroatoms. The number of aryl methyl sites for hydroxylation is 1. The summed E-state index contributed by atoms with van der Waals surface area (Å²) in [4.78, 5) is 20.4. The van der Waals surface area contributed by atoms with Crippen LogP contribution in [0.3, 0.4) is 0 Å². The first-order chi connectivity index (χ1) is 15.1. The number of fused-ring (bicyclic) bond motifs is 3. The number of halogens is 1. The second kappa shape index (κ2) is 7.43. The fourth-order valence-electron chi connectivity index (χ4n) is 6.64. The van der Waals surface area contributed by atoms with Gasteiger partial charge in [0.25, 0.3) is 0 Å².